The number of aromatic nitrogens is 2. The molecular weight excluding hydrogens is 288 g/mol. The highest BCUT2D eigenvalue weighted by Gasteiger charge is 2.12. The van der Waals surface area contributed by atoms with Gasteiger partial charge in [-0.25, -0.2) is 4.98 Å². The molecule has 4 heteroatoms. The van der Waals surface area contributed by atoms with E-state index in [4.69, 9.17) is 14.5 Å². The van der Waals surface area contributed by atoms with E-state index >= 15 is 0 Å². The van der Waals surface area contributed by atoms with Crippen molar-refractivity contribution >= 4 is 11.0 Å². The number of nitrogens with one attached hydrogen (secondary N) is 1. The number of ether oxygens (including phenoxy) is 2. The number of rotatable bonds is 6. The molecule has 3 rings (SSSR count). The van der Waals surface area contributed by atoms with Crippen molar-refractivity contribution < 1.29 is 9.47 Å². The Balaban J connectivity index is 2.03. The van der Waals surface area contributed by atoms with Crippen molar-refractivity contribution in [2.24, 2.45) is 0 Å². The van der Waals surface area contributed by atoms with Gasteiger partial charge in [0, 0.05) is 0 Å². The largest absolute Gasteiger partial charge is 0.497 e. The second kappa shape index (κ2) is 6.73. The molecule has 0 saturated heterocycles. The van der Waals surface area contributed by atoms with E-state index in [-0.39, 0.29) is 0 Å². The number of H-pyrrole nitrogens is 1. The summed E-state index contributed by atoms with van der Waals surface area (Å²) in [4.78, 5) is 8.11. The molecule has 0 aliphatic heterocycles. The van der Waals surface area contributed by atoms with Crippen LogP contribution < -0.4 is 9.47 Å². The van der Waals surface area contributed by atoms with E-state index in [9.17, 15) is 0 Å². The van der Waals surface area contributed by atoms with Crippen LogP contribution in [0.4, 0.5) is 0 Å². The van der Waals surface area contributed by atoms with Gasteiger partial charge in [-0.15, -0.1) is 0 Å². The molecule has 23 heavy (non-hydrogen) atoms. The van der Waals surface area contributed by atoms with Gasteiger partial charge in [0.05, 0.1) is 30.8 Å². The molecule has 0 unspecified atom stereocenters. The summed E-state index contributed by atoms with van der Waals surface area (Å²) in [6.07, 6.45) is 3.51. The zero-order chi connectivity index (χ0) is 16.2. The Hall–Kier alpha value is -2.49. The fraction of sp³-hybridized carbons (Fsp3) is 0.316. The van der Waals surface area contributed by atoms with E-state index in [1.165, 1.54) is 18.4 Å². The molecule has 0 aliphatic rings. The Morgan fingerprint density at radius 1 is 1.04 bits per heavy atom. The molecule has 1 heterocycles. The predicted octanol–water partition coefficient (Wildman–Crippen LogP) is 4.59. The first kappa shape index (κ1) is 15.4. The molecule has 1 N–H and O–H groups in total. The molecule has 0 radical (unpaired) electrons. The fourth-order valence-corrected chi connectivity index (χ4v) is 2.72. The number of hydrogen-bond acceptors (Lipinski definition) is 3. The standard InChI is InChI=1S/C19H22N2O2/c1-4-5-6-13-7-9-16-17(11-13)21-19(20-16)15-12-14(22-2)8-10-18(15)23-3/h7-12H,4-6H2,1-3H3,(H,20,21). The summed E-state index contributed by atoms with van der Waals surface area (Å²) in [7, 11) is 3.32. The van der Waals surface area contributed by atoms with E-state index in [1.54, 1.807) is 14.2 Å². The zero-order valence-electron chi connectivity index (χ0n) is 13.8. The first-order valence-electron chi connectivity index (χ1n) is 7.96. The van der Waals surface area contributed by atoms with Gasteiger partial charge in [-0.2, -0.15) is 0 Å². The molecule has 0 amide bonds. The van der Waals surface area contributed by atoms with E-state index in [0.717, 1.165) is 40.3 Å². The van der Waals surface area contributed by atoms with E-state index in [1.807, 2.05) is 18.2 Å². The lowest BCUT2D eigenvalue weighted by molar-refractivity contribution is 0.404. The summed E-state index contributed by atoms with van der Waals surface area (Å²) in [5, 5.41) is 0. The fourth-order valence-electron chi connectivity index (χ4n) is 2.72. The minimum atomic E-state index is 0.774. The molecule has 2 aromatic carbocycles. The van der Waals surface area contributed by atoms with E-state index in [0.29, 0.717) is 0 Å². The van der Waals surface area contributed by atoms with Crippen LogP contribution >= 0.6 is 0 Å². The van der Waals surface area contributed by atoms with Gasteiger partial charge in [0.25, 0.3) is 0 Å². The summed E-state index contributed by atoms with van der Waals surface area (Å²) >= 11 is 0. The Kier molecular flexibility index (Phi) is 4.51. The maximum absolute atomic E-state index is 5.46. The number of fused-ring (bicyclic) bond motifs is 1. The topological polar surface area (TPSA) is 47.1 Å². The molecule has 3 aromatic rings. The van der Waals surface area contributed by atoms with Gasteiger partial charge >= 0.3 is 0 Å². The lowest BCUT2D eigenvalue weighted by atomic mass is 10.1. The highest BCUT2D eigenvalue weighted by Crippen LogP contribution is 2.33. The molecule has 4 nitrogen and oxygen atoms in total. The van der Waals surface area contributed by atoms with Crippen molar-refractivity contribution in [2.75, 3.05) is 14.2 Å². The van der Waals surface area contributed by atoms with Crippen LogP contribution in [0.1, 0.15) is 25.3 Å². The SMILES string of the molecule is CCCCc1ccc2nc(-c3cc(OC)ccc3OC)[nH]c2c1. The third-order valence-corrected chi connectivity index (χ3v) is 4.03. The number of hydrogen-bond donors (Lipinski definition) is 1. The Bertz CT molecular complexity index is 808. The Morgan fingerprint density at radius 3 is 2.65 bits per heavy atom. The maximum Gasteiger partial charge on any atom is 0.142 e. The summed E-state index contributed by atoms with van der Waals surface area (Å²) in [5.74, 6) is 2.35. The maximum atomic E-state index is 5.46. The van der Waals surface area contributed by atoms with Gasteiger partial charge in [-0.05, 0) is 48.7 Å². The normalized spacial score (nSPS) is 10.9. The molecule has 0 atom stereocenters. The van der Waals surface area contributed by atoms with Gasteiger partial charge in [0.1, 0.15) is 17.3 Å². The monoisotopic (exact) mass is 310 g/mol. The molecule has 1 aromatic heterocycles. The molecule has 120 valence electrons. The number of methoxy groups -OCH3 is 2. The summed E-state index contributed by atoms with van der Waals surface area (Å²) in [6, 6.07) is 12.1. The number of unbranched alkanes of at least 4 members (excludes halogenated alkanes) is 1. The molecule has 0 aliphatic carbocycles. The minimum absolute atomic E-state index is 0.774. The summed E-state index contributed by atoms with van der Waals surface area (Å²) in [6.45, 7) is 2.21. The third-order valence-electron chi connectivity index (χ3n) is 4.03. The summed E-state index contributed by atoms with van der Waals surface area (Å²) in [5.41, 5.74) is 4.26. The average Bonchev–Trinajstić information content (AvgIpc) is 3.02. The number of benzene rings is 2. The van der Waals surface area contributed by atoms with Crippen LogP contribution in [0.2, 0.25) is 0 Å². The quantitative estimate of drug-likeness (QED) is 0.724. The lowest BCUT2D eigenvalue weighted by Gasteiger charge is -2.08. The van der Waals surface area contributed by atoms with Crippen molar-refractivity contribution in [1.82, 2.24) is 9.97 Å². The first-order chi connectivity index (χ1) is 11.2. The van der Waals surface area contributed by atoms with Crippen LogP contribution in [0.3, 0.4) is 0 Å². The van der Waals surface area contributed by atoms with Gasteiger partial charge in [0.2, 0.25) is 0 Å². The Labute approximate surface area is 136 Å². The minimum Gasteiger partial charge on any atom is -0.497 e. The molecule has 0 spiro atoms. The van der Waals surface area contributed by atoms with Gasteiger partial charge in [-0.3, -0.25) is 0 Å². The van der Waals surface area contributed by atoms with Crippen molar-refractivity contribution in [2.45, 2.75) is 26.2 Å². The second-order valence-electron chi connectivity index (χ2n) is 5.61. The Morgan fingerprint density at radius 2 is 1.91 bits per heavy atom. The van der Waals surface area contributed by atoms with Crippen molar-refractivity contribution in [3.05, 3.63) is 42.0 Å². The van der Waals surface area contributed by atoms with Crippen molar-refractivity contribution in [3.63, 3.8) is 0 Å². The van der Waals surface area contributed by atoms with Crippen LogP contribution in [-0.2, 0) is 6.42 Å². The van der Waals surface area contributed by atoms with Gasteiger partial charge in [-0.1, -0.05) is 19.4 Å². The summed E-state index contributed by atoms with van der Waals surface area (Å²) < 4.78 is 10.8. The molecule has 0 saturated carbocycles. The van der Waals surface area contributed by atoms with E-state index in [2.05, 4.69) is 30.1 Å². The van der Waals surface area contributed by atoms with Crippen LogP contribution in [0.15, 0.2) is 36.4 Å². The van der Waals surface area contributed by atoms with Crippen LogP contribution in [-0.4, -0.2) is 24.2 Å². The van der Waals surface area contributed by atoms with Crippen molar-refractivity contribution in [1.29, 1.82) is 0 Å². The number of nitrogens with zero attached hydrogens (tertiary/aromatic N) is 1. The van der Waals surface area contributed by atoms with Crippen molar-refractivity contribution in [3.8, 4) is 22.9 Å². The average molecular weight is 310 g/mol. The van der Waals surface area contributed by atoms with Crippen LogP contribution in [0.5, 0.6) is 11.5 Å². The number of aryl methyl sites for hydroxylation is 1. The second-order valence-corrected chi connectivity index (χ2v) is 5.61. The lowest BCUT2D eigenvalue weighted by Crippen LogP contribution is -1.91. The first-order valence-corrected chi connectivity index (χ1v) is 7.96. The van der Waals surface area contributed by atoms with Gasteiger partial charge < -0.3 is 14.5 Å². The molecular formula is C19H22N2O2. The highest BCUT2D eigenvalue weighted by molar-refractivity contribution is 5.81. The van der Waals surface area contributed by atoms with Crippen LogP contribution in [0, 0.1) is 0 Å². The highest BCUT2D eigenvalue weighted by atomic mass is 16.5. The molecule has 0 bridgehead atoms. The third kappa shape index (κ3) is 3.16. The number of aromatic amines is 1. The van der Waals surface area contributed by atoms with Crippen LogP contribution in [0.25, 0.3) is 22.4 Å². The molecule has 0 fully saturated rings. The number of imidazole rings is 1. The predicted molar refractivity (Wildman–Crippen MR) is 93.2 cm³/mol. The smallest absolute Gasteiger partial charge is 0.142 e. The van der Waals surface area contributed by atoms with E-state index < -0.39 is 0 Å². The van der Waals surface area contributed by atoms with Gasteiger partial charge in [0.15, 0.2) is 0 Å². The zero-order valence-corrected chi connectivity index (χ0v) is 13.8.